The molecule has 0 saturated carbocycles. The van der Waals surface area contributed by atoms with Crippen molar-refractivity contribution in [2.45, 2.75) is 19.5 Å². The Balaban J connectivity index is 1.95. The highest BCUT2D eigenvalue weighted by Crippen LogP contribution is 2.27. The summed E-state index contributed by atoms with van der Waals surface area (Å²) in [6.45, 7) is 2.62. The molecule has 0 radical (unpaired) electrons. The summed E-state index contributed by atoms with van der Waals surface area (Å²) in [6, 6.07) is 6.27. The highest BCUT2D eigenvalue weighted by molar-refractivity contribution is 5.61. The van der Waals surface area contributed by atoms with Crippen LogP contribution in [0.15, 0.2) is 22.7 Å². The summed E-state index contributed by atoms with van der Waals surface area (Å²) in [4.78, 5) is 6.52. The van der Waals surface area contributed by atoms with Crippen LogP contribution in [-0.2, 0) is 19.5 Å². The molecule has 100 valence electrons. The minimum absolute atomic E-state index is 0.635. The molecule has 0 atom stereocenters. The van der Waals surface area contributed by atoms with Gasteiger partial charge in [0.15, 0.2) is 5.82 Å². The topological polar surface area (TPSA) is 54.2 Å². The zero-order chi connectivity index (χ0) is 13.2. The number of nitrogens with one attached hydrogen (secondary N) is 1. The fourth-order valence-corrected chi connectivity index (χ4v) is 2.44. The van der Waals surface area contributed by atoms with Gasteiger partial charge >= 0.3 is 0 Å². The van der Waals surface area contributed by atoms with Crippen LogP contribution >= 0.6 is 0 Å². The van der Waals surface area contributed by atoms with Crippen molar-refractivity contribution >= 4 is 0 Å². The molecular formula is C14H18N4O. The van der Waals surface area contributed by atoms with Crippen molar-refractivity contribution in [2.75, 3.05) is 20.6 Å². The minimum Gasteiger partial charge on any atom is -0.334 e. The van der Waals surface area contributed by atoms with Crippen LogP contribution in [0.1, 0.15) is 17.0 Å². The first-order valence-corrected chi connectivity index (χ1v) is 6.53. The summed E-state index contributed by atoms with van der Waals surface area (Å²) in [6.07, 6.45) is 1.01. The average molecular weight is 258 g/mol. The number of aromatic nitrogens is 2. The lowest BCUT2D eigenvalue weighted by molar-refractivity contribution is 0.365. The lowest BCUT2D eigenvalue weighted by atomic mass is 9.95. The summed E-state index contributed by atoms with van der Waals surface area (Å²) >= 11 is 0. The number of hydrogen-bond donors (Lipinski definition) is 1. The van der Waals surface area contributed by atoms with E-state index in [0.29, 0.717) is 12.4 Å². The number of fused-ring (bicyclic) bond motifs is 1. The fourth-order valence-electron chi connectivity index (χ4n) is 2.44. The third-order valence-electron chi connectivity index (χ3n) is 3.30. The summed E-state index contributed by atoms with van der Waals surface area (Å²) < 4.78 is 5.41. The Morgan fingerprint density at radius 3 is 3.11 bits per heavy atom. The molecule has 3 rings (SSSR count). The van der Waals surface area contributed by atoms with Crippen molar-refractivity contribution in [1.29, 1.82) is 0 Å². The molecule has 1 aromatic heterocycles. The zero-order valence-electron chi connectivity index (χ0n) is 11.3. The van der Waals surface area contributed by atoms with Crippen LogP contribution in [-0.4, -0.2) is 35.7 Å². The Hall–Kier alpha value is -1.72. The molecule has 0 aliphatic carbocycles. The summed E-state index contributed by atoms with van der Waals surface area (Å²) in [5.74, 6) is 1.36. The van der Waals surface area contributed by atoms with Gasteiger partial charge in [-0.1, -0.05) is 17.3 Å². The van der Waals surface area contributed by atoms with E-state index in [9.17, 15) is 0 Å². The first kappa shape index (κ1) is 12.3. The van der Waals surface area contributed by atoms with Crippen molar-refractivity contribution in [2.24, 2.45) is 0 Å². The molecule has 0 amide bonds. The van der Waals surface area contributed by atoms with Crippen LogP contribution in [0.4, 0.5) is 0 Å². The Morgan fingerprint density at radius 2 is 2.26 bits per heavy atom. The van der Waals surface area contributed by atoms with Crippen LogP contribution < -0.4 is 5.32 Å². The number of rotatable bonds is 3. The molecule has 1 aromatic carbocycles. The first-order valence-electron chi connectivity index (χ1n) is 6.53. The monoisotopic (exact) mass is 258 g/mol. The Labute approximate surface area is 112 Å². The van der Waals surface area contributed by atoms with E-state index in [1.165, 1.54) is 11.1 Å². The standard InChI is InChI=1S/C14H18N4O/c1-18(2)9-13-16-14(19-17-13)12-5-3-4-10-8-15-7-6-11(10)12/h3-5,15H,6-9H2,1-2H3. The van der Waals surface area contributed by atoms with Crippen LogP contribution in [0.5, 0.6) is 0 Å². The third-order valence-corrected chi connectivity index (χ3v) is 3.30. The minimum atomic E-state index is 0.635. The van der Waals surface area contributed by atoms with Crippen LogP contribution in [0.2, 0.25) is 0 Å². The second-order valence-corrected chi connectivity index (χ2v) is 5.12. The van der Waals surface area contributed by atoms with E-state index in [1.54, 1.807) is 0 Å². The van der Waals surface area contributed by atoms with E-state index in [1.807, 2.05) is 19.0 Å². The van der Waals surface area contributed by atoms with Crippen molar-refractivity contribution in [3.63, 3.8) is 0 Å². The first-order chi connectivity index (χ1) is 9.24. The number of nitrogens with zero attached hydrogens (tertiary/aromatic N) is 3. The maximum Gasteiger partial charge on any atom is 0.258 e. The Morgan fingerprint density at radius 1 is 1.37 bits per heavy atom. The molecule has 0 unspecified atom stereocenters. The molecule has 0 saturated heterocycles. The molecule has 2 aromatic rings. The molecule has 5 heteroatoms. The van der Waals surface area contributed by atoms with Gasteiger partial charge in [0, 0.05) is 12.1 Å². The Bertz CT molecular complexity index is 577. The Kier molecular flexibility index (Phi) is 3.31. The molecule has 1 aliphatic rings. The van der Waals surface area contributed by atoms with Gasteiger partial charge in [-0.3, -0.25) is 0 Å². The predicted molar refractivity (Wildman–Crippen MR) is 72.5 cm³/mol. The summed E-state index contributed by atoms with van der Waals surface area (Å²) in [5.41, 5.74) is 3.74. The molecule has 19 heavy (non-hydrogen) atoms. The highest BCUT2D eigenvalue weighted by atomic mass is 16.5. The smallest absolute Gasteiger partial charge is 0.258 e. The van der Waals surface area contributed by atoms with Crippen LogP contribution in [0.25, 0.3) is 11.5 Å². The van der Waals surface area contributed by atoms with Crippen molar-refractivity contribution in [1.82, 2.24) is 20.4 Å². The van der Waals surface area contributed by atoms with Gasteiger partial charge < -0.3 is 14.7 Å². The predicted octanol–water partition coefficient (Wildman–Crippen LogP) is 1.44. The van der Waals surface area contributed by atoms with E-state index in [0.717, 1.165) is 30.9 Å². The van der Waals surface area contributed by atoms with Gasteiger partial charge in [0.1, 0.15) is 0 Å². The van der Waals surface area contributed by atoms with E-state index in [-0.39, 0.29) is 0 Å². The molecule has 1 N–H and O–H groups in total. The fraction of sp³-hybridized carbons (Fsp3) is 0.429. The third kappa shape index (κ3) is 2.52. The molecule has 0 bridgehead atoms. The SMILES string of the molecule is CN(C)Cc1noc(-c2cccc3c2CCNC3)n1. The van der Waals surface area contributed by atoms with Crippen LogP contribution in [0.3, 0.4) is 0 Å². The van der Waals surface area contributed by atoms with Crippen molar-refractivity contribution in [3.05, 3.63) is 35.2 Å². The second-order valence-electron chi connectivity index (χ2n) is 5.12. The zero-order valence-corrected chi connectivity index (χ0v) is 11.3. The van der Waals surface area contributed by atoms with Gasteiger partial charge in [-0.25, -0.2) is 0 Å². The molecule has 2 heterocycles. The average Bonchev–Trinajstić information content (AvgIpc) is 2.85. The van der Waals surface area contributed by atoms with E-state index < -0.39 is 0 Å². The van der Waals surface area contributed by atoms with Gasteiger partial charge in [-0.05, 0) is 44.3 Å². The van der Waals surface area contributed by atoms with Crippen LogP contribution in [0, 0.1) is 0 Å². The quantitative estimate of drug-likeness (QED) is 0.903. The van der Waals surface area contributed by atoms with E-state index >= 15 is 0 Å². The van der Waals surface area contributed by atoms with Gasteiger partial charge in [-0.15, -0.1) is 0 Å². The van der Waals surface area contributed by atoms with E-state index in [4.69, 9.17) is 4.52 Å². The van der Waals surface area contributed by atoms with E-state index in [2.05, 4.69) is 33.7 Å². The molecule has 0 fully saturated rings. The molecule has 0 spiro atoms. The van der Waals surface area contributed by atoms with Crippen molar-refractivity contribution in [3.8, 4) is 11.5 Å². The lowest BCUT2D eigenvalue weighted by Crippen LogP contribution is -2.24. The van der Waals surface area contributed by atoms with Crippen molar-refractivity contribution < 1.29 is 4.52 Å². The number of benzene rings is 1. The van der Waals surface area contributed by atoms with Gasteiger partial charge in [0.05, 0.1) is 6.54 Å². The highest BCUT2D eigenvalue weighted by Gasteiger charge is 2.17. The molecular weight excluding hydrogens is 240 g/mol. The molecule has 1 aliphatic heterocycles. The summed E-state index contributed by atoms with van der Waals surface area (Å²) in [7, 11) is 3.98. The molecule has 5 nitrogen and oxygen atoms in total. The maximum atomic E-state index is 5.41. The second kappa shape index (κ2) is 5.11. The largest absolute Gasteiger partial charge is 0.334 e. The maximum absolute atomic E-state index is 5.41. The number of hydrogen-bond acceptors (Lipinski definition) is 5. The summed E-state index contributed by atoms with van der Waals surface area (Å²) in [5, 5.41) is 7.42. The van der Waals surface area contributed by atoms with Gasteiger partial charge in [0.25, 0.3) is 5.89 Å². The lowest BCUT2D eigenvalue weighted by Gasteiger charge is -2.18. The normalized spacial score (nSPS) is 14.7. The van der Waals surface area contributed by atoms with Gasteiger partial charge in [-0.2, -0.15) is 4.98 Å². The van der Waals surface area contributed by atoms with Gasteiger partial charge in [0.2, 0.25) is 0 Å².